The molecule has 1 amide bonds. The molecule has 6 heteroatoms. The molecule has 1 aromatic heterocycles. The van der Waals surface area contributed by atoms with E-state index in [9.17, 15) is 14.7 Å². The van der Waals surface area contributed by atoms with Gasteiger partial charge in [0.25, 0.3) is 11.7 Å². The molecule has 0 radical (unpaired) electrons. The summed E-state index contributed by atoms with van der Waals surface area (Å²) in [6, 6.07) is 10.1. The molecule has 2 aromatic rings. The minimum absolute atomic E-state index is 0.0338. The second-order valence-electron chi connectivity index (χ2n) is 9.92. The standard InChI is InChI=1S/C27H32N2O4/c1-27(2,3)19-16-17(13-14-21(19)33-4)24(30)22-23(20-12-8-9-15-28-20)29(26(32)25(22)31)18-10-6-5-7-11-18/h8-9,12-16,18,23,30H,5-7,10-11H2,1-4H3/b24-22-. The van der Waals surface area contributed by atoms with Crippen molar-refractivity contribution in [2.75, 3.05) is 7.11 Å². The Balaban J connectivity index is 1.88. The highest BCUT2D eigenvalue weighted by molar-refractivity contribution is 6.46. The Morgan fingerprint density at radius 3 is 2.42 bits per heavy atom. The number of benzene rings is 1. The minimum atomic E-state index is -0.700. The molecule has 33 heavy (non-hydrogen) atoms. The van der Waals surface area contributed by atoms with Crippen molar-refractivity contribution < 1.29 is 19.4 Å². The highest BCUT2D eigenvalue weighted by Crippen LogP contribution is 2.43. The van der Waals surface area contributed by atoms with E-state index in [2.05, 4.69) is 25.8 Å². The van der Waals surface area contributed by atoms with Crippen LogP contribution < -0.4 is 4.74 Å². The van der Waals surface area contributed by atoms with E-state index < -0.39 is 17.7 Å². The molecule has 174 valence electrons. The average Bonchev–Trinajstić information content (AvgIpc) is 3.09. The van der Waals surface area contributed by atoms with E-state index in [1.54, 1.807) is 36.4 Å². The third-order valence-electron chi connectivity index (χ3n) is 6.70. The van der Waals surface area contributed by atoms with E-state index in [0.717, 1.165) is 37.7 Å². The van der Waals surface area contributed by atoms with Crippen LogP contribution in [0.25, 0.3) is 5.76 Å². The molecular formula is C27H32N2O4. The van der Waals surface area contributed by atoms with E-state index in [0.29, 0.717) is 17.0 Å². The van der Waals surface area contributed by atoms with Gasteiger partial charge in [0.05, 0.1) is 18.4 Å². The Bertz CT molecular complexity index is 1080. The zero-order valence-electron chi connectivity index (χ0n) is 19.8. The molecule has 1 saturated carbocycles. The van der Waals surface area contributed by atoms with Crippen LogP contribution in [-0.4, -0.2) is 39.8 Å². The number of rotatable bonds is 4. The molecule has 1 aromatic carbocycles. The number of aliphatic hydroxyl groups is 1. The fourth-order valence-electron chi connectivity index (χ4n) is 5.01. The van der Waals surface area contributed by atoms with Gasteiger partial charge in [0, 0.05) is 23.4 Å². The first-order valence-corrected chi connectivity index (χ1v) is 11.6. The predicted molar refractivity (Wildman–Crippen MR) is 127 cm³/mol. The van der Waals surface area contributed by atoms with Crippen LogP contribution in [-0.2, 0) is 15.0 Å². The van der Waals surface area contributed by atoms with Crippen LogP contribution >= 0.6 is 0 Å². The van der Waals surface area contributed by atoms with Crippen LogP contribution in [0.5, 0.6) is 5.75 Å². The maximum absolute atomic E-state index is 13.3. The van der Waals surface area contributed by atoms with Crippen LogP contribution in [0.4, 0.5) is 0 Å². The number of ether oxygens (including phenoxy) is 1. The van der Waals surface area contributed by atoms with Gasteiger partial charge >= 0.3 is 0 Å². The van der Waals surface area contributed by atoms with Crippen molar-refractivity contribution in [1.29, 1.82) is 0 Å². The van der Waals surface area contributed by atoms with Crippen LogP contribution in [0.2, 0.25) is 0 Å². The number of hydrogen-bond donors (Lipinski definition) is 1. The molecule has 1 saturated heterocycles. The second-order valence-corrected chi connectivity index (χ2v) is 9.92. The summed E-state index contributed by atoms with van der Waals surface area (Å²) in [4.78, 5) is 32.7. The number of carbonyl (C=O) groups is 2. The highest BCUT2D eigenvalue weighted by atomic mass is 16.5. The van der Waals surface area contributed by atoms with Gasteiger partial charge in [-0.15, -0.1) is 0 Å². The van der Waals surface area contributed by atoms with Crippen molar-refractivity contribution in [2.45, 2.75) is 70.4 Å². The Hall–Kier alpha value is -3.15. The monoisotopic (exact) mass is 448 g/mol. The summed E-state index contributed by atoms with van der Waals surface area (Å²) in [7, 11) is 1.61. The van der Waals surface area contributed by atoms with Gasteiger partial charge in [-0.05, 0) is 48.6 Å². The lowest BCUT2D eigenvalue weighted by Gasteiger charge is -2.35. The molecule has 1 N–H and O–H groups in total. The fourth-order valence-corrected chi connectivity index (χ4v) is 5.01. The van der Waals surface area contributed by atoms with Crippen LogP contribution in [0.1, 0.15) is 75.7 Å². The number of Topliss-reactive ketones (excluding diaryl/α,β-unsaturated/α-hetero) is 1. The summed E-state index contributed by atoms with van der Waals surface area (Å²) >= 11 is 0. The topological polar surface area (TPSA) is 79.7 Å². The smallest absolute Gasteiger partial charge is 0.295 e. The largest absolute Gasteiger partial charge is 0.507 e. The van der Waals surface area contributed by atoms with Crippen molar-refractivity contribution in [3.63, 3.8) is 0 Å². The van der Waals surface area contributed by atoms with Crippen molar-refractivity contribution in [3.05, 3.63) is 65.0 Å². The number of carbonyl (C=O) groups excluding carboxylic acids is 2. The zero-order chi connectivity index (χ0) is 23.8. The lowest BCUT2D eigenvalue weighted by Crippen LogP contribution is -2.40. The average molecular weight is 449 g/mol. The minimum Gasteiger partial charge on any atom is -0.507 e. The molecule has 1 aliphatic heterocycles. The molecule has 0 bridgehead atoms. The molecule has 2 fully saturated rings. The Labute approximate surface area is 195 Å². The summed E-state index contributed by atoms with van der Waals surface area (Å²) in [6.07, 6.45) is 6.55. The van der Waals surface area contributed by atoms with Gasteiger partial charge in [0.15, 0.2) is 0 Å². The predicted octanol–water partition coefficient (Wildman–Crippen LogP) is 5.14. The SMILES string of the molecule is COc1ccc(/C(O)=C2/C(=O)C(=O)N(C3CCCCC3)C2c2ccccn2)cc1C(C)(C)C. The normalized spacial score (nSPS) is 21.5. The second kappa shape index (κ2) is 9.00. The van der Waals surface area contributed by atoms with Crippen molar-refractivity contribution in [1.82, 2.24) is 9.88 Å². The van der Waals surface area contributed by atoms with Gasteiger partial charge in [0.2, 0.25) is 0 Å². The molecule has 1 aliphatic carbocycles. The third kappa shape index (κ3) is 4.26. The van der Waals surface area contributed by atoms with Gasteiger partial charge in [0.1, 0.15) is 17.6 Å². The first-order valence-electron chi connectivity index (χ1n) is 11.6. The van der Waals surface area contributed by atoms with Crippen LogP contribution in [0, 0.1) is 0 Å². The number of ketones is 1. The quantitative estimate of drug-likeness (QED) is 0.398. The van der Waals surface area contributed by atoms with E-state index in [1.807, 2.05) is 18.2 Å². The number of methoxy groups -OCH3 is 1. The Kier molecular flexibility index (Phi) is 6.28. The fraction of sp³-hybridized carbons (Fsp3) is 0.444. The molecule has 4 rings (SSSR count). The van der Waals surface area contributed by atoms with Gasteiger partial charge in [-0.1, -0.05) is 46.1 Å². The summed E-state index contributed by atoms with van der Waals surface area (Å²) in [5.41, 5.74) is 1.85. The molecule has 2 heterocycles. The molecule has 6 nitrogen and oxygen atoms in total. The van der Waals surface area contributed by atoms with E-state index >= 15 is 0 Å². The summed E-state index contributed by atoms with van der Waals surface area (Å²) in [5.74, 6) is -0.663. The van der Waals surface area contributed by atoms with Crippen molar-refractivity contribution in [3.8, 4) is 5.75 Å². The molecular weight excluding hydrogens is 416 g/mol. The molecule has 2 aliphatic rings. The maximum Gasteiger partial charge on any atom is 0.295 e. The van der Waals surface area contributed by atoms with E-state index in [1.165, 1.54) is 0 Å². The lowest BCUT2D eigenvalue weighted by atomic mass is 9.84. The first kappa shape index (κ1) is 23.0. The number of pyridine rings is 1. The number of hydrogen-bond acceptors (Lipinski definition) is 5. The number of amides is 1. The summed E-state index contributed by atoms with van der Waals surface area (Å²) < 4.78 is 5.52. The van der Waals surface area contributed by atoms with Crippen molar-refractivity contribution in [2.24, 2.45) is 0 Å². The molecule has 1 unspecified atom stereocenters. The Morgan fingerprint density at radius 1 is 1.09 bits per heavy atom. The summed E-state index contributed by atoms with van der Waals surface area (Å²) in [6.45, 7) is 6.18. The van der Waals surface area contributed by atoms with E-state index in [-0.39, 0.29) is 22.8 Å². The van der Waals surface area contributed by atoms with Crippen LogP contribution in [0.3, 0.4) is 0 Å². The number of likely N-dealkylation sites (tertiary alicyclic amines) is 1. The van der Waals surface area contributed by atoms with E-state index in [4.69, 9.17) is 4.74 Å². The number of aliphatic hydroxyl groups excluding tert-OH is 1. The van der Waals surface area contributed by atoms with Gasteiger partial charge in [-0.3, -0.25) is 14.6 Å². The number of aromatic nitrogens is 1. The van der Waals surface area contributed by atoms with Gasteiger partial charge < -0.3 is 14.7 Å². The summed E-state index contributed by atoms with van der Waals surface area (Å²) in [5, 5.41) is 11.4. The molecule has 0 spiro atoms. The van der Waals surface area contributed by atoms with Gasteiger partial charge in [-0.25, -0.2) is 0 Å². The Morgan fingerprint density at radius 2 is 1.82 bits per heavy atom. The number of nitrogens with zero attached hydrogens (tertiary/aromatic N) is 2. The van der Waals surface area contributed by atoms with Crippen LogP contribution in [0.15, 0.2) is 48.2 Å². The molecule has 1 atom stereocenters. The third-order valence-corrected chi connectivity index (χ3v) is 6.70. The maximum atomic E-state index is 13.3. The lowest BCUT2D eigenvalue weighted by molar-refractivity contribution is -0.141. The zero-order valence-corrected chi connectivity index (χ0v) is 19.8. The highest BCUT2D eigenvalue weighted by Gasteiger charge is 2.49. The first-order chi connectivity index (χ1) is 15.7. The van der Waals surface area contributed by atoms with Crippen molar-refractivity contribution >= 4 is 17.4 Å². The van der Waals surface area contributed by atoms with Gasteiger partial charge in [-0.2, -0.15) is 0 Å².